The van der Waals surface area contributed by atoms with E-state index in [4.69, 9.17) is 0 Å². The fourth-order valence-electron chi connectivity index (χ4n) is 0.749. The van der Waals surface area contributed by atoms with Gasteiger partial charge in [-0.1, -0.05) is 0 Å². The van der Waals surface area contributed by atoms with E-state index in [0.717, 1.165) is 0 Å². The number of halogens is 3. The van der Waals surface area contributed by atoms with Gasteiger partial charge in [-0.05, 0) is 17.4 Å². The average molecular weight is 182 g/mol. The van der Waals surface area contributed by atoms with E-state index >= 15 is 0 Å². The van der Waals surface area contributed by atoms with Crippen molar-refractivity contribution >= 4 is 18.0 Å². The Kier molecular flexibility index (Phi) is 2.27. The lowest BCUT2D eigenvalue weighted by Gasteiger charge is -2.12. The maximum atomic E-state index is 11.9. The summed E-state index contributed by atoms with van der Waals surface area (Å²) in [5.41, 5.74) is 0.234. The van der Waals surface area contributed by atoms with Crippen LogP contribution in [-0.4, -0.2) is 17.7 Å². The standard InChI is InChI=1S/C6H5F3OS/c7-6(8,9)5-1-4(2-10)3-11-5/h2-3,5H,1H2. The van der Waals surface area contributed by atoms with Crippen molar-refractivity contribution in [3.63, 3.8) is 0 Å². The lowest BCUT2D eigenvalue weighted by atomic mass is 10.2. The fraction of sp³-hybridized carbons (Fsp3) is 0.500. The highest BCUT2D eigenvalue weighted by Gasteiger charge is 2.42. The maximum absolute atomic E-state index is 11.9. The van der Waals surface area contributed by atoms with Gasteiger partial charge in [-0.25, -0.2) is 0 Å². The molecule has 1 aliphatic heterocycles. The third-order valence-electron chi connectivity index (χ3n) is 1.32. The van der Waals surface area contributed by atoms with Crippen molar-refractivity contribution in [1.82, 2.24) is 0 Å². The highest BCUT2D eigenvalue weighted by atomic mass is 32.2. The van der Waals surface area contributed by atoms with Crippen LogP contribution < -0.4 is 0 Å². The molecule has 0 spiro atoms. The Morgan fingerprint density at radius 3 is 2.55 bits per heavy atom. The second-order valence-corrected chi connectivity index (χ2v) is 3.26. The Morgan fingerprint density at radius 2 is 2.27 bits per heavy atom. The van der Waals surface area contributed by atoms with Crippen LogP contribution in [0.3, 0.4) is 0 Å². The van der Waals surface area contributed by atoms with Crippen LogP contribution in [-0.2, 0) is 4.79 Å². The molecule has 5 heteroatoms. The summed E-state index contributed by atoms with van der Waals surface area (Å²) >= 11 is 0.664. The lowest BCUT2D eigenvalue weighted by Crippen LogP contribution is -2.23. The molecule has 0 radical (unpaired) electrons. The molecule has 0 amide bonds. The van der Waals surface area contributed by atoms with Gasteiger partial charge in [0.2, 0.25) is 0 Å². The zero-order valence-corrected chi connectivity index (χ0v) is 6.21. The highest BCUT2D eigenvalue weighted by molar-refractivity contribution is 8.03. The van der Waals surface area contributed by atoms with Gasteiger partial charge in [0, 0.05) is 0 Å². The number of carbonyl (C=O) groups is 1. The van der Waals surface area contributed by atoms with Crippen molar-refractivity contribution in [2.24, 2.45) is 0 Å². The molecule has 0 saturated heterocycles. The van der Waals surface area contributed by atoms with Gasteiger partial charge in [-0.3, -0.25) is 4.79 Å². The summed E-state index contributed by atoms with van der Waals surface area (Å²) in [7, 11) is 0. The van der Waals surface area contributed by atoms with E-state index in [9.17, 15) is 18.0 Å². The Balaban J connectivity index is 2.54. The van der Waals surface area contributed by atoms with Gasteiger partial charge < -0.3 is 0 Å². The maximum Gasteiger partial charge on any atom is 0.401 e. The molecule has 0 bridgehead atoms. The van der Waals surface area contributed by atoms with Crippen LogP contribution in [0.25, 0.3) is 0 Å². The van der Waals surface area contributed by atoms with Gasteiger partial charge in [0.1, 0.15) is 11.5 Å². The minimum absolute atomic E-state index is 0.183. The van der Waals surface area contributed by atoms with Crippen LogP contribution in [0.5, 0.6) is 0 Å². The van der Waals surface area contributed by atoms with Crippen molar-refractivity contribution in [2.75, 3.05) is 0 Å². The van der Waals surface area contributed by atoms with Crippen molar-refractivity contribution in [3.8, 4) is 0 Å². The normalized spacial score (nSPS) is 25.0. The van der Waals surface area contributed by atoms with Gasteiger partial charge in [-0.15, -0.1) is 11.8 Å². The zero-order chi connectivity index (χ0) is 8.48. The summed E-state index contributed by atoms with van der Waals surface area (Å²) in [6.45, 7) is 0. The Hall–Kier alpha value is -0.450. The largest absolute Gasteiger partial charge is 0.401 e. The van der Waals surface area contributed by atoms with Gasteiger partial charge in [-0.2, -0.15) is 13.2 Å². The highest BCUT2D eigenvalue weighted by Crippen LogP contribution is 2.39. The molecule has 0 aromatic carbocycles. The second-order valence-electron chi connectivity index (χ2n) is 2.18. The first-order valence-corrected chi connectivity index (χ1v) is 3.84. The van der Waals surface area contributed by atoms with Crippen molar-refractivity contribution in [1.29, 1.82) is 0 Å². The Labute approximate surface area is 65.6 Å². The molecule has 62 valence electrons. The molecule has 0 fully saturated rings. The van der Waals surface area contributed by atoms with E-state index in [0.29, 0.717) is 18.0 Å². The Bertz CT molecular complexity index is 196. The molecule has 0 aromatic heterocycles. The first-order valence-electron chi connectivity index (χ1n) is 2.90. The molecule has 1 unspecified atom stereocenters. The number of hydrogen-bond acceptors (Lipinski definition) is 2. The molecule has 1 atom stereocenters. The average Bonchev–Trinajstić information content (AvgIpc) is 2.32. The van der Waals surface area contributed by atoms with Gasteiger partial charge in [0.05, 0.1) is 0 Å². The third-order valence-corrected chi connectivity index (χ3v) is 2.52. The van der Waals surface area contributed by atoms with E-state index < -0.39 is 11.4 Å². The topological polar surface area (TPSA) is 17.1 Å². The number of rotatable bonds is 1. The number of aldehydes is 1. The smallest absolute Gasteiger partial charge is 0.298 e. The molecule has 0 aliphatic carbocycles. The summed E-state index contributed by atoms with van der Waals surface area (Å²) in [4.78, 5) is 10.0. The molecule has 1 aliphatic rings. The molecule has 0 N–H and O–H groups in total. The lowest BCUT2D eigenvalue weighted by molar-refractivity contribution is -0.128. The summed E-state index contributed by atoms with van der Waals surface area (Å²) in [6, 6.07) is 0. The van der Waals surface area contributed by atoms with E-state index in [1.165, 1.54) is 5.41 Å². The van der Waals surface area contributed by atoms with E-state index in [1.54, 1.807) is 0 Å². The molecule has 11 heavy (non-hydrogen) atoms. The summed E-state index contributed by atoms with van der Waals surface area (Å²) < 4.78 is 35.7. The summed E-state index contributed by atoms with van der Waals surface area (Å²) in [6.07, 6.45) is -3.90. The molecule has 1 heterocycles. The van der Waals surface area contributed by atoms with Crippen LogP contribution in [0.1, 0.15) is 6.42 Å². The molecule has 0 aromatic rings. The first kappa shape index (κ1) is 8.64. The van der Waals surface area contributed by atoms with Crippen molar-refractivity contribution < 1.29 is 18.0 Å². The first-order chi connectivity index (χ1) is 5.04. The van der Waals surface area contributed by atoms with E-state index in [1.807, 2.05) is 0 Å². The van der Waals surface area contributed by atoms with Crippen molar-refractivity contribution in [3.05, 3.63) is 11.0 Å². The minimum Gasteiger partial charge on any atom is -0.298 e. The zero-order valence-electron chi connectivity index (χ0n) is 5.39. The third kappa shape index (κ3) is 1.99. The van der Waals surface area contributed by atoms with Gasteiger partial charge in [0.15, 0.2) is 0 Å². The van der Waals surface area contributed by atoms with Crippen LogP contribution in [0.2, 0.25) is 0 Å². The predicted octanol–water partition coefficient (Wildman–Crippen LogP) is 2.14. The molecule has 0 saturated carbocycles. The number of allylic oxidation sites excluding steroid dienone is 1. The van der Waals surface area contributed by atoms with Crippen LogP contribution in [0.15, 0.2) is 11.0 Å². The molecule has 1 nitrogen and oxygen atoms in total. The van der Waals surface area contributed by atoms with Crippen LogP contribution >= 0.6 is 11.8 Å². The molecule has 1 rings (SSSR count). The molecular weight excluding hydrogens is 177 g/mol. The van der Waals surface area contributed by atoms with Crippen LogP contribution in [0.4, 0.5) is 13.2 Å². The quantitative estimate of drug-likeness (QED) is 0.578. The van der Waals surface area contributed by atoms with Crippen LogP contribution in [0, 0.1) is 0 Å². The SMILES string of the molecule is O=CC1=CSC(C(F)(F)F)C1. The number of hydrogen-bond donors (Lipinski definition) is 0. The van der Waals surface area contributed by atoms with Gasteiger partial charge in [0.25, 0.3) is 0 Å². The van der Waals surface area contributed by atoms with Crippen molar-refractivity contribution in [2.45, 2.75) is 17.8 Å². The predicted molar refractivity (Wildman–Crippen MR) is 36.2 cm³/mol. The minimum atomic E-state index is -4.19. The second kappa shape index (κ2) is 2.89. The summed E-state index contributed by atoms with van der Waals surface area (Å²) in [5.74, 6) is 0. The van der Waals surface area contributed by atoms with E-state index in [-0.39, 0.29) is 12.0 Å². The monoisotopic (exact) mass is 182 g/mol. The number of alkyl halides is 3. The molecular formula is C6H5F3OS. The summed E-state index contributed by atoms with van der Waals surface area (Å²) in [5, 5.41) is -0.145. The number of thioether (sulfide) groups is 1. The van der Waals surface area contributed by atoms with Gasteiger partial charge >= 0.3 is 6.18 Å². The Morgan fingerprint density at radius 1 is 1.64 bits per heavy atom. The van der Waals surface area contributed by atoms with E-state index in [2.05, 4.69) is 0 Å². The number of carbonyl (C=O) groups excluding carboxylic acids is 1. The fourth-order valence-corrected chi connectivity index (χ4v) is 1.68.